The zero-order valence-electron chi connectivity index (χ0n) is 16.1. The molecule has 0 saturated carbocycles. The highest BCUT2D eigenvalue weighted by atomic mass is 32.1. The molecule has 2 aliphatic rings. The lowest BCUT2D eigenvalue weighted by molar-refractivity contribution is 0.181. The minimum atomic E-state index is -0.0191. The normalized spacial score (nSPS) is 18.0. The van der Waals surface area contributed by atoms with Crippen LogP contribution in [0.25, 0.3) is 5.00 Å². The number of thiophene rings is 1. The second-order valence-electron chi connectivity index (χ2n) is 7.65. The number of para-hydroxylation sites is 1. The van der Waals surface area contributed by atoms with Crippen LogP contribution in [-0.2, 0) is 19.4 Å². The van der Waals surface area contributed by atoms with Crippen LogP contribution in [-0.4, -0.2) is 15.5 Å². The van der Waals surface area contributed by atoms with Crippen molar-refractivity contribution in [1.82, 2.24) is 9.47 Å². The SMILES string of the molecule is CCC1c2cccn2-c2sc3c(c2CN1C(=O)Nc1ccccc1)CCCC3. The van der Waals surface area contributed by atoms with Gasteiger partial charge in [0.15, 0.2) is 0 Å². The van der Waals surface area contributed by atoms with Crippen LogP contribution < -0.4 is 5.32 Å². The average molecular weight is 392 g/mol. The summed E-state index contributed by atoms with van der Waals surface area (Å²) >= 11 is 1.93. The average Bonchev–Trinajstić information content (AvgIpc) is 3.31. The second-order valence-corrected chi connectivity index (χ2v) is 8.73. The standard InChI is InChI=1S/C23H25N3OS/c1-2-19-20-12-8-14-25(20)22-18(17-11-6-7-13-21(17)28-22)15-26(19)23(27)24-16-9-4-3-5-10-16/h3-5,8-10,12,14,19H,2,6-7,11,13,15H2,1H3,(H,24,27). The van der Waals surface area contributed by atoms with Crippen LogP contribution in [0.5, 0.6) is 0 Å². The van der Waals surface area contributed by atoms with E-state index in [2.05, 4.69) is 35.1 Å². The molecule has 1 aromatic carbocycles. The van der Waals surface area contributed by atoms with Gasteiger partial charge in [0, 0.05) is 28.0 Å². The van der Waals surface area contributed by atoms with Gasteiger partial charge in [0.05, 0.1) is 12.6 Å². The number of urea groups is 1. The van der Waals surface area contributed by atoms with Crippen molar-refractivity contribution in [3.05, 3.63) is 70.4 Å². The predicted molar refractivity (Wildman–Crippen MR) is 114 cm³/mol. The van der Waals surface area contributed by atoms with Gasteiger partial charge in [-0.3, -0.25) is 0 Å². The summed E-state index contributed by atoms with van der Waals surface area (Å²) in [5, 5.41) is 4.43. The summed E-state index contributed by atoms with van der Waals surface area (Å²) in [6.07, 6.45) is 7.91. The van der Waals surface area contributed by atoms with E-state index in [9.17, 15) is 4.79 Å². The minimum absolute atomic E-state index is 0.0191. The van der Waals surface area contributed by atoms with Crippen LogP contribution in [0.1, 0.15) is 53.9 Å². The zero-order valence-corrected chi connectivity index (χ0v) is 17.0. The molecule has 0 spiro atoms. The molecule has 28 heavy (non-hydrogen) atoms. The number of hydrogen-bond acceptors (Lipinski definition) is 2. The fourth-order valence-electron chi connectivity index (χ4n) is 4.62. The molecule has 1 unspecified atom stereocenters. The van der Waals surface area contributed by atoms with Crippen molar-refractivity contribution in [2.24, 2.45) is 0 Å². The van der Waals surface area contributed by atoms with Gasteiger partial charge in [-0.1, -0.05) is 25.1 Å². The van der Waals surface area contributed by atoms with Crippen molar-refractivity contribution < 1.29 is 4.79 Å². The Morgan fingerprint density at radius 3 is 2.75 bits per heavy atom. The Labute approximate surface area is 169 Å². The number of benzene rings is 1. The number of aryl methyl sites for hydroxylation is 1. The number of rotatable bonds is 2. The molecule has 0 fully saturated rings. The monoisotopic (exact) mass is 391 g/mol. The number of nitrogens with one attached hydrogen (secondary N) is 1. The van der Waals surface area contributed by atoms with Gasteiger partial charge in [-0.2, -0.15) is 0 Å². The van der Waals surface area contributed by atoms with Gasteiger partial charge in [-0.25, -0.2) is 4.79 Å². The van der Waals surface area contributed by atoms with Gasteiger partial charge in [-0.15, -0.1) is 11.3 Å². The highest BCUT2D eigenvalue weighted by Crippen LogP contribution is 2.43. The minimum Gasteiger partial charge on any atom is -0.312 e. The molecule has 0 saturated heterocycles. The lowest BCUT2D eigenvalue weighted by atomic mass is 9.95. The van der Waals surface area contributed by atoms with Gasteiger partial charge in [0.1, 0.15) is 5.00 Å². The summed E-state index contributed by atoms with van der Waals surface area (Å²) in [6, 6.07) is 14.1. The van der Waals surface area contributed by atoms with Crippen molar-refractivity contribution in [3.63, 3.8) is 0 Å². The maximum atomic E-state index is 13.3. The van der Waals surface area contributed by atoms with Crippen LogP contribution in [0.3, 0.4) is 0 Å². The molecule has 1 N–H and O–H groups in total. The van der Waals surface area contributed by atoms with Crippen LogP contribution >= 0.6 is 11.3 Å². The van der Waals surface area contributed by atoms with Crippen LogP contribution in [0.2, 0.25) is 0 Å². The van der Waals surface area contributed by atoms with Crippen LogP contribution in [0, 0.1) is 0 Å². The summed E-state index contributed by atoms with van der Waals surface area (Å²) in [4.78, 5) is 16.9. The quantitative estimate of drug-likeness (QED) is 0.579. The van der Waals surface area contributed by atoms with E-state index >= 15 is 0 Å². The molecule has 5 heteroatoms. The Kier molecular flexibility index (Phi) is 4.47. The first kappa shape index (κ1) is 17.6. The Hall–Kier alpha value is -2.53. The van der Waals surface area contributed by atoms with Gasteiger partial charge in [-0.05, 0) is 61.9 Å². The number of hydrogen-bond donors (Lipinski definition) is 1. The lowest BCUT2D eigenvalue weighted by Crippen LogP contribution is -2.37. The number of aromatic nitrogens is 1. The molecule has 2 aromatic heterocycles. The molecule has 0 radical (unpaired) electrons. The molecular weight excluding hydrogens is 366 g/mol. The van der Waals surface area contributed by atoms with Gasteiger partial charge < -0.3 is 14.8 Å². The summed E-state index contributed by atoms with van der Waals surface area (Å²) in [7, 11) is 0. The molecule has 1 atom stereocenters. The van der Waals surface area contributed by atoms with Crippen LogP contribution in [0.4, 0.5) is 10.5 Å². The van der Waals surface area contributed by atoms with Crippen molar-refractivity contribution in [2.45, 2.75) is 51.6 Å². The lowest BCUT2D eigenvalue weighted by Gasteiger charge is -2.30. The molecular formula is C23H25N3OS. The van der Waals surface area contributed by atoms with Gasteiger partial charge >= 0.3 is 6.03 Å². The maximum absolute atomic E-state index is 13.3. The summed E-state index contributed by atoms with van der Waals surface area (Å²) in [6.45, 7) is 2.85. The van der Waals surface area contributed by atoms with E-state index < -0.39 is 0 Å². The molecule has 3 aromatic rings. The highest BCUT2D eigenvalue weighted by Gasteiger charge is 2.34. The molecule has 1 aliphatic carbocycles. The Bertz CT molecular complexity index is 1000. The third-order valence-corrected chi connectivity index (χ3v) is 7.31. The van der Waals surface area contributed by atoms with Crippen molar-refractivity contribution in [1.29, 1.82) is 0 Å². The fourth-order valence-corrected chi connectivity index (χ4v) is 6.03. The molecule has 0 bridgehead atoms. The Balaban J connectivity index is 1.58. The molecule has 144 valence electrons. The molecule has 4 nitrogen and oxygen atoms in total. The number of amides is 2. The number of carbonyl (C=O) groups is 1. The Morgan fingerprint density at radius 1 is 1.11 bits per heavy atom. The molecule has 2 amide bonds. The first-order valence-electron chi connectivity index (χ1n) is 10.2. The van der Waals surface area contributed by atoms with E-state index in [0.29, 0.717) is 6.54 Å². The van der Waals surface area contributed by atoms with Crippen LogP contribution in [0.15, 0.2) is 48.7 Å². The van der Waals surface area contributed by atoms with E-state index in [4.69, 9.17) is 0 Å². The van der Waals surface area contributed by atoms with E-state index in [-0.39, 0.29) is 12.1 Å². The fraction of sp³-hybridized carbons (Fsp3) is 0.348. The number of nitrogens with zero attached hydrogens (tertiary/aromatic N) is 2. The van der Waals surface area contributed by atoms with Gasteiger partial charge in [0.2, 0.25) is 0 Å². The largest absolute Gasteiger partial charge is 0.322 e. The number of carbonyl (C=O) groups excluding carboxylic acids is 1. The second kappa shape index (κ2) is 7.13. The third-order valence-electron chi connectivity index (χ3n) is 5.98. The predicted octanol–water partition coefficient (Wildman–Crippen LogP) is 5.92. The first-order chi connectivity index (χ1) is 13.8. The molecule has 1 aliphatic heterocycles. The third kappa shape index (κ3) is 2.85. The Morgan fingerprint density at radius 2 is 1.93 bits per heavy atom. The summed E-state index contributed by atoms with van der Waals surface area (Å²) < 4.78 is 2.34. The van der Waals surface area contributed by atoms with E-state index in [1.165, 1.54) is 46.0 Å². The van der Waals surface area contributed by atoms with Crippen molar-refractivity contribution >= 4 is 23.1 Å². The van der Waals surface area contributed by atoms with Crippen molar-refractivity contribution in [3.8, 4) is 5.00 Å². The zero-order chi connectivity index (χ0) is 19.1. The van der Waals surface area contributed by atoms with E-state index in [1.807, 2.05) is 46.6 Å². The first-order valence-corrected chi connectivity index (χ1v) is 11.0. The van der Waals surface area contributed by atoms with Crippen molar-refractivity contribution in [2.75, 3.05) is 5.32 Å². The summed E-state index contributed by atoms with van der Waals surface area (Å²) in [5.74, 6) is 0. The number of anilines is 1. The molecule has 5 rings (SSSR count). The summed E-state index contributed by atoms with van der Waals surface area (Å²) in [5.41, 5.74) is 4.91. The highest BCUT2D eigenvalue weighted by molar-refractivity contribution is 7.15. The van der Waals surface area contributed by atoms with E-state index in [1.54, 1.807) is 0 Å². The molecule has 3 heterocycles. The maximum Gasteiger partial charge on any atom is 0.322 e. The number of fused-ring (bicyclic) bond motifs is 5. The topological polar surface area (TPSA) is 37.3 Å². The van der Waals surface area contributed by atoms with E-state index in [0.717, 1.165) is 18.5 Å². The van der Waals surface area contributed by atoms with Gasteiger partial charge in [0.25, 0.3) is 0 Å². The smallest absolute Gasteiger partial charge is 0.312 e.